The molecule has 0 saturated heterocycles. The molecule has 50 valence electrons. The fraction of sp³-hybridized carbons (Fsp3) is 0.714. The molecule has 0 radical (unpaired) electrons. The highest BCUT2D eigenvalue weighted by Crippen LogP contribution is 2.20. The molecular formula is C7H10O2. The van der Waals surface area contributed by atoms with Gasteiger partial charge >= 0.3 is 0 Å². The molecule has 0 bridgehead atoms. The Hall–Kier alpha value is -0.590. The maximum Gasteiger partial charge on any atom is 0.123 e. The van der Waals surface area contributed by atoms with E-state index in [2.05, 4.69) is 0 Å². The lowest BCUT2D eigenvalue weighted by Crippen LogP contribution is -2.12. The Morgan fingerprint density at radius 1 is 1.44 bits per heavy atom. The van der Waals surface area contributed by atoms with Crippen LogP contribution in [0.3, 0.4) is 0 Å². The first-order chi connectivity index (χ1) is 4.33. The molecular weight excluding hydrogens is 116 g/mol. The number of hydrogen-bond donors (Lipinski definition) is 1. The molecule has 2 heteroatoms. The summed E-state index contributed by atoms with van der Waals surface area (Å²) in [6.45, 7) is 0. The lowest BCUT2D eigenvalue weighted by Gasteiger charge is -2.15. The number of allylic oxidation sites excluding steroid dienone is 1. The van der Waals surface area contributed by atoms with Crippen LogP contribution in [0.2, 0.25) is 0 Å². The second-order valence-corrected chi connectivity index (χ2v) is 2.44. The molecule has 0 aliphatic heterocycles. The monoisotopic (exact) mass is 126 g/mol. The number of carbonyl (C=O) groups excluding carboxylic acids is 1. The zero-order valence-corrected chi connectivity index (χ0v) is 5.26. The molecule has 0 atom stereocenters. The molecule has 0 aromatic carbocycles. The SMILES string of the molecule is O=C=C1CCC(O)CC1. The Morgan fingerprint density at radius 2 is 2.00 bits per heavy atom. The summed E-state index contributed by atoms with van der Waals surface area (Å²) >= 11 is 0. The molecule has 1 rings (SSSR count). The van der Waals surface area contributed by atoms with Crippen LogP contribution < -0.4 is 0 Å². The number of aliphatic hydroxyl groups excluding tert-OH is 1. The molecule has 1 N–H and O–H groups in total. The van der Waals surface area contributed by atoms with Crippen molar-refractivity contribution in [2.24, 2.45) is 0 Å². The Bertz CT molecular complexity index is 135. The Balaban J connectivity index is 2.44. The van der Waals surface area contributed by atoms with Crippen molar-refractivity contribution in [3.05, 3.63) is 5.57 Å². The van der Waals surface area contributed by atoms with Gasteiger partial charge in [-0.2, -0.15) is 0 Å². The van der Waals surface area contributed by atoms with Gasteiger partial charge in [-0.3, -0.25) is 0 Å². The van der Waals surface area contributed by atoms with Gasteiger partial charge in [-0.1, -0.05) is 0 Å². The van der Waals surface area contributed by atoms with E-state index in [1.165, 1.54) is 0 Å². The normalized spacial score (nSPS) is 27.7. The summed E-state index contributed by atoms with van der Waals surface area (Å²) in [6, 6.07) is 0. The van der Waals surface area contributed by atoms with Crippen LogP contribution in [0.4, 0.5) is 0 Å². The van der Waals surface area contributed by atoms with Gasteiger partial charge < -0.3 is 5.11 Å². The van der Waals surface area contributed by atoms with Gasteiger partial charge in [-0.25, -0.2) is 4.79 Å². The minimum Gasteiger partial charge on any atom is -0.393 e. The van der Waals surface area contributed by atoms with Crippen LogP contribution in [-0.2, 0) is 4.79 Å². The summed E-state index contributed by atoms with van der Waals surface area (Å²) in [5.41, 5.74) is 0.834. The summed E-state index contributed by atoms with van der Waals surface area (Å²) in [5.74, 6) is 1.88. The van der Waals surface area contributed by atoms with E-state index in [1.807, 2.05) is 5.94 Å². The van der Waals surface area contributed by atoms with Crippen LogP contribution in [0.15, 0.2) is 5.57 Å². The smallest absolute Gasteiger partial charge is 0.123 e. The van der Waals surface area contributed by atoms with Gasteiger partial charge in [0.25, 0.3) is 0 Å². The van der Waals surface area contributed by atoms with Crippen molar-refractivity contribution in [2.45, 2.75) is 31.8 Å². The predicted molar refractivity (Wildman–Crippen MR) is 33.7 cm³/mol. The molecule has 1 aliphatic carbocycles. The van der Waals surface area contributed by atoms with Gasteiger partial charge in [0.2, 0.25) is 0 Å². The second kappa shape index (κ2) is 2.81. The van der Waals surface area contributed by atoms with Crippen molar-refractivity contribution in [2.75, 3.05) is 0 Å². The van der Waals surface area contributed by atoms with Crippen molar-refractivity contribution < 1.29 is 9.90 Å². The van der Waals surface area contributed by atoms with Crippen molar-refractivity contribution in [3.63, 3.8) is 0 Å². The zero-order chi connectivity index (χ0) is 6.69. The van der Waals surface area contributed by atoms with E-state index < -0.39 is 0 Å². The lowest BCUT2D eigenvalue weighted by molar-refractivity contribution is 0.144. The van der Waals surface area contributed by atoms with Crippen molar-refractivity contribution >= 4 is 5.94 Å². The van der Waals surface area contributed by atoms with Crippen LogP contribution >= 0.6 is 0 Å². The van der Waals surface area contributed by atoms with Crippen LogP contribution in [0.1, 0.15) is 25.7 Å². The van der Waals surface area contributed by atoms with E-state index in [4.69, 9.17) is 5.11 Å². The predicted octanol–water partition coefficient (Wildman–Crippen LogP) is 0.679. The van der Waals surface area contributed by atoms with E-state index in [1.54, 1.807) is 0 Å². The average Bonchev–Trinajstić information content (AvgIpc) is 1.90. The third-order valence-corrected chi connectivity index (χ3v) is 1.70. The highest BCUT2D eigenvalue weighted by atomic mass is 16.3. The largest absolute Gasteiger partial charge is 0.393 e. The summed E-state index contributed by atoms with van der Waals surface area (Å²) in [4.78, 5) is 10.0. The van der Waals surface area contributed by atoms with E-state index in [0.717, 1.165) is 31.3 Å². The maximum atomic E-state index is 10.0. The zero-order valence-electron chi connectivity index (χ0n) is 5.26. The first-order valence-electron chi connectivity index (χ1n) is 3.24. The topological polar surface area (TPSA) is 37.3 Å². The third-order valence-electron chi connectivity index (χ3n) is 1.70. The lowest BCUT2D eigenvalue weighted by atomic mass is 9.94. The van der Waals surface area contributed by atoms with Gasteiger partial charge in [0.15, 0.2) is 0 Å². The number of aliphatic hydroxyl groups is 1. The van der Waals surface area contributed by atoms with Crippen LogP contribution in [0.25, 0.3) is 0 Å². The Kier molecular flexibility index (Phi) is 2.04. The van der Waals surface area contributed by atoms with E-state index in [0.29, 0.717) is 0 Å². The molecule has 1 saturated carbocycles. The number of hydrogen-bond acceptors (Lipinski definition) is 2. The molecule has 0 aromatic heterocycles. The van der Waals surface area contributed by atoms with Gasteiger partial charge in [0.05, 0.1) is 6.10 Å². The minimum absolute atomic E-state index is 0.179. The minimum atomic E-state index is -0.179. The highest BCUT2D eigenvalue weighted by molar-refractivity contribution is 5.52. The van der Waals surface area contributed by atoms with Gasteiger partial charge in [0.1, 0.15) is 5.94 Å². The standard InChI is InChI=1S/C7H10O2/c8-5-6-1-3-7(9)4-2-6/h7,9H,1-4H2. The molecule has 0 amide bonds. The molecule has 1 fully saturated rings. The van der Waals surface area contributed by atoms with E-state index in [9.17, 15) is 4.79 Å². The molecule has 0 aromatic rings. The van der Waals surface area contributed by atoms with Crippen LogP contribution in [0, 0.1) is 0 Å². The molecule has 0 heterocycles. The van der Waals surface area contributed by atoms with Gasteiger partial charge in [-0.15, -0.1) is 0 Å². The summed E-state index contributed by atoms with van der Waals surface area (Å²) in [5, 5.41) is 8.98. The fourth-order valence-electron chi connectivity index (χ4n) is 1.05. The second-order valence-electron chi connectivity index (χ2n) is 2.44. The Labute approximate surface area is 54.2 Å². The first-order valence-corrected chi connectivity index (χ1v) is 3.24. The molecule has 9 heavy (non-hydrogen) atoms. The molecule has 1 aliphatic rings. The third kappa shape index (κ3) is 1.67. The van der Waals surface area contributed by atoms with Crippen molar-refractivity contribution in [3.8, 4) is 0 Å². The molecule has 0 spiro atoms. The van der Waals surface area contributed by atoms with E-state index >= 15 is 0 Å². The summed E-state index contributed by atoms with van der Waals surface area (Å²) in [6.07, 6.45) is 2.78. The van der Waals surface area contributed by atoms with Crippen LogP contribution in [0.5, 0.6) is 0 Å². The van der Waals surface area contributed by atoms with Gasteiger partial charge in [0, 0.05) is 5.57 Å². The summed E-state index contributed by atoms with van der Waals surface area (Å²) < 4.78 is 0. The number of rotatable bonds is 0. The molecule has 2 nitrogen and oxygen atoms in total. The van der Waals surface area contributed by atoms with Gasteiger partial charge in [-0.05, 0) is 25.7 Å². The van der Waals surface area contributed by atoms with Crippen molar-refractivity contribution in [1.82, 2.24) is 0 Å². The molecule has 0 unspecified atom stereocenters. The average molecular weight is 126 g/mol. The van der Waals surface area contributed by atoms with E-state index in [-0.39, 0.29) is 6.10 Å². The quantitative estimate of drug-likeness (QED) is 0.484. The van der Waals surface area contributed by atoms with Crippen LogP contribution in [-0.4, -0.2) is 17.2 Å². The Morgan fingerprint density at radius 3 is 2.44 bits per heavy atom. The summed E-state index contributed by atoms with van der Waals surface area (Å²) in [7, 11) is 0. The first kappa shape index (κ1) is 6.53. The van der Waals surface area contributed by atoms with Crippen molar-refractivity contribution in [1.29, 1.82) is 0 Å². The fourth-order valence-corrected chi connectivity index (χ4v) is 1.05. The highest BCUT2D eigenvalue weighted by Gasteiger charge is 2.13. The maximum absolute atomic E-state index is 10.0.